The van der Waals surface area contributed by atoms with Crippen LogP contribution in [-0.2, 0) is 0 Å². The minimum atomic E-state index is -1.06. The predicted molar refractivity (Wildman–Crippen MR) is 128 cm³/mol. The summed E-state index contributed by atoms with van der Waals surface area (Å²) in [5.74, 6) is 0.0591. The first kappa shape index (κ1) is 23.3. The van der Waals surface area contributed by atoms with Gasteiger partial charge in [-0.3, -0.25) is 0 Å². The number of nitrogens with one attached hydrogen (secondary N) is 1. The van der Waals surface area contributed by atoms with Crippen molar-refractivity contribution < 1.29 is 18.6 Å². The second-order valence-electron chi connectivity index (χ2n) is 9.98. The van der Waals surface area contributed by atoms with E-state index in [9.17, 15) is 9.50 Å². The summed E-state index contributed by atoms with van der Waals surface area (Å²) < 4.78 is 34.2. The lowest BCUT2D eigenvalue weighted by Gasteiger charge is -2.47. The molecule has 2 fully saturated rings. The molecule has 3 aromatic rings. The fraction of sp³-hybridized carbons (Fsp3) is 0.440. The van der Waals surface area contributed by atoms with Crippen molar-refractivity contribution in [2.24, 2.45) is 0 Å². The molecule has 10 heteroatoms. The Hall–Kier alpha value is -3.40. The molecule has 5 rings (SSSR count). The second-order valence-corrected chi connectivity index (χ2v) is 9.98. The third-order valence-corrected chi connectivity index (χ3v) is 7.35. The second kappa shape index (κ2) is 8.37. The number of benzene rings is 1. The summed E-state index contributed by atoms with van der Waals surface area (Å²) in [6, 6.07) is 7.33. The third-order valence-electron chi connectivity index (χ3n) is 7.35. The lowest BCUT2D eigenvalue weighted by atomic mass is 9.82. The monoisotopic (exact) mass is 482 g/mol. The Morgan fingerprint density at radius 2 is 1.94 bits per heavy atom. The van der Waals surface area contributed by atoms with E-state index in [1.807, 2.05) is 18.9 Å². The number of pyridine rings is 1. The lowest BCUT2D eigenvalue weighted by molar-refractivity contribution is 0.0859. The Morgan fingerprint density at radius 1 is 1.14 bits per heavy atom. The molecule has 0 saturated carbocycles. The van der Waals surface area contributed by atoms with E-state index < -0.39 is 17.7 Å². The number of aromatic hydroxyl groups is 1. The van der Waals surface area contributed by atoms with Crippen LogP contribution in [0.25, 0.3) is 22.5 Å². The molecule has 2 aliphatic rings. The molecule has 0 radical (unpaired) electrons. The lowest BCUT2D eigenvalue weighted by Crippen LogP contribution is -2.65. The van der Waals surface area contributed by atoms with Gasteiger partial charge in [-0.1, -0.05) is 6.07 Å². The zero-order valence-electron chi connectivity index (χ0n) is 20.1. The molecule has 8 nitrogen and oxygen atoms in total. The number of phenols is 1. The standard InChI is InChI=1S/C25H28F2N6O2/c1-24-7-8-25(2,32-24)22(27)17(12-24)33(3)20-13-28-23(31-30-20)16-6-5-14(9-18(16)34)15-10-19(26)29-21(11-15)35-4/h5-6,9-11,13,17,22,32,34H,7-8,12H2,1-4H3/t17-,22-,24-,25+/m1/s1. The summed E-state index contributed by atoms with van der Waals surface area (Å²) in [5.41, 5.74) is 0.798. The molecule has 2 bridgehead atoms. The van der Waals surface area contributed by atoms with Gasteiger partial charge in [-0.05, 0) is 56.4 Å². The van der Waals surface area contributed by atoms with Crippen LogP contribution in [0, 0.1) is 5.95 Å². The van der Waals surface area contributed by atoms with Crippen LogP contribution in [0.3, 0.4) is 0 Å². The Balaban J connectivity index is 1.38. The number of hydrogen-bond donors (Lipinski definition) is 2. The number of halogens is 2. The number of ether oxygens (including phenoxy) is 1. The summed E-state index contributed by atoms with van der Waals surface area (Å²) in [5, 5.41) is 22.6. The van der Waals surface area contributed by atoms with Crippen LogP contribution in [0.2, 0.25) is 0 Å². The summed E-state index contributed by atoms with van der Waals surface area (Å²) in [4.78, 5) is 9.83. The smallest absolute Gasteiger partial charge is 0.216 e. The molecule has 2 aliphatic heterocycles. The number of phenolic OH excluding ortho intramolecular Hbond substituents is 1. The maximum absolute atomic E-state index is 15.4. The first-order chi connectivity index (χ1) is 16.6. The van der Waals surface area contributed by atoms with Gasteiger partial charge in [-0.15, -0.1) is 10.2 Å². The zero-order chi connectivity index (χ0) is 25.0. The Morgan fingerprint density at radius 3 is 2.63 bits per heavy atom. The molecule has 2 aromatic heterocycles. The first-order valence-electron chi connectivity index (χ1n) is 11.5. The van der Waals surface area contributed by atoms with Gasteiger partial charge < -0.3 is 20.1 Å². The number of nitrogens with zero attached hydrogens (tertiary/aromatic N) is 5. The van der Waals surface area contributed by atoms with E-state index in [4.69, 9.17) is 4.74 Å². The number of aromatic nitrogens is 4. The van der Waals surface area contributed by atoms with E-state index >= 15 is 4.39 Å². The molecular formula is C25H28F2N6O2. The maximum Gasteiger partial charge on any atom is 0.216 e. The Bertz CT molecular complexity index is 1260. The molecular weight excluding hydrogens is 454 g/mol. The van der Waals surface area contributed by atoms with Gasteiger partial charge in [-0.2, -0.15) is 9.37 Å². The number of hydrogen-bond acceptors (Lipinski definition) is 8. The Kier molecular flexibility index (Phi) is 5.58. The van der Waals surface area contributed by atoms with Crippen LogP contribution >= 0.6 is 0 Å². The fourth-order valence-corrected chi connectivity index (χ4v) is 5.40. The Labute approximate surface area is 202 Å². The summed E-state index contributed by atoms with van der Waals surface area (Å²) in [7, 11) is 3.22. The van der Waals surface area contributed by atoms with Gasteiger partial charge in [0.1, 0.15) is 11.9 Å². The fourth-order valence-electron chi connectivity index (χ4n) is 5.40. The highest BCUT2D eigenvalue weighted by Crippen LogP contribution is 2.45. The van der Waals surface area contributed by atoms with Gasteiger partial charge in [0.2, 0.25) is 11.8 Å². The molecule has 2 N–H and O–H groups in total. The third kappa shape index (κ3) is 4.16. The van der Waals surface area contributed by atoms with Crippen molar-refractivity contribution in [2.75, 3.05) is 19.1 Å². The maximum atomic E-state index is 15.4. The van der Waals surface area contributed by atoms with Crippen LogP contribution < -0.4 is 15.0 Å². The van der Waals surface area contributed by atoms with Gasteiger partial charge in [0.15, 0.2) is 11.6 Å². The topological polar surface area (TPSA) is 96.3 Å². The zero-order valence-corrected chi connectivity index (χ0v) is 20.1. The molecule has 1 aromatic carbocycles. The number of piperidine rings is 1. The van der Waals surface area contributed by atoms with Crippen molar-refractivity contribution >= 4 is 5.82 Å². The average molecular weight is 483 g/mol. The SMILES string of the molecule is COc1cc(-c2ccc(-c3ncc(N(C)[C@@H]4C[C@@]5(C)CC[C@](C)(N5)[C@@H]4F)nn3)c(O)c2)cc(F)n1. The summed E-state index contributed by atoms with van der Waals surface area (Å²) >= 11 is 0. The van der Waals surface area contributed by atoms with Crippen molar-refractivity contribution in [1.29, 1.82) is 0 Å². The molecule has 2 saturated heterocycles. The van der Waals surface area contributed by atoms with Crippen molar-refractivity contribution in [3.63, 3.8) is 0 Å². The normalized spacial score (nSPS) is 27.6. The van der Waals surface area contributed by atoms with E-state index in [1.165, 1.54) is 19.2 Å². The summed E-state index contributed by atoms with van der Waals surface area (Å²) in [6.45, 7) is 4.08. The van der Waals surface area contributed by atoms with E-state index in [0.29, 0.717) is 28.9 Å². The molecule has 4 heterocycles. The first-order valence-corrected chi connectivity index (χ1v) is 11.5. The van der Waals surface area contributed by atoms with Crippen LogP contribution in [0.4, 0.5) is 14.6 Å². The van der Waals surface area contributed by atoms with Crippen LogP contribution in [0.15, 0.2) is 36.5 Å². The van der Waals surface area contributed by atoms with E-state index in [1.54, 1.807) is 24.4 Å². The van der Waals surface area contributed by atoms with E-state index in [2.05, 4.69) is 32.4 Å². The van der Waals surface area contributed by atoms with Crippen molar-refractivity contribution in [3.05, 3.63) is 42.5 Å². The van der Waals surface area contributed by atoms with Crippen molar-refractivity contribution in [3.8, 4) is 34.1 Å². The largest absolute Gasteiger partial charge is 0.507 e. The molecule has 0 unspecified atom stereocenters. The van der Waals surface area contributed by atoms with Gasteiger partial charge in [-0.25, -0.2) is 9.37 Å². The highest BCUT2D eigenvalue weighted by Gasteiger charge is 2.56. The van der Waals surface area contributed by atoms with Gasteiger partial charge >= 0.3 is 0 Å². The van der Waals surface area contributed by atoms with Gasteiger partial charge in [0, 0.05) is 30.3 Å². The highest BCUT2D eigenvalue weighted by molar-refractivity contribution is 5.73. The van der Waals surface area contributed by atoms with Crippen molar-refractivity contribution in [1.82, 2.24) is 25.5 Å². The molecule has 184 valence electrons. The van der Waals surface area contributed by atoms with Crippen molar-refractivity contribution in [2.45, 2.75) is 56.4 Å². The molecule has 35 heavy (non-hydrogen) atoms. The van der Waals surface area contributed by atoms with Crippen LogP contribution in [0.1, 0.15) is 33.1 Å². The molecule has 0 spiro atoms. The van der Waals surface area contributed by atoms with Gasteiger partial charge in [0.25, 0.3) is 0 Å². The van der Waals surface area contributed by atoms with Gasteiger partial charge in [0.05, 0.1) is 24.9 Å². The molecule has 0 amide bonds. The van der Waals surface area contributed by atoms with Crippen LogP contribution in [-0.4, -0.2) is 62.7 Å². The number of anilines is 1. The number of methoxy groups -OCH3 is 1. The molecule has 4 atom stereocenters. The van der Waals surface area contributed by atoms with Crippen LogP contribution in [0.5, 0.6) is 11.6 Å². The average Bonchev–Trinajstić information content (AvgIpc) is 3.12. The summed E-state index contributed by atoms with van der Waals surface area (Å²) in [6.07, 6.45) is 2.88. The highest BCUT2D eigenvalue weighted by atomic mass is 19.1. The number of rotatable bonds is 5. The number of alkyl halides is 1. The quantitative estimate of drug-likeness (QED) is 0.529. The minimum Gasteiger partial charge on any atom is -0.507 e. The number of fused-ring (bicyclic) bond motifs is 2. The predicted octanol–water partition coefficient (Wildman–Crippen LogP) is 3.90. The molecule has 0 aliphatic carbocycles. The minimum absolute atomic E-state index is 0.0822. The van der Waals surface area contributed by atoms with E-state index in [-0.39, 0.29) is 29.0 Å². The van der Waals surface area contributed by atoms with E-state index in [0.717, 1.165) is 12.8 Å².